The van der Waals surface area contributed by atoms with Gasteiger partial charge in [0.15, 0.2) is 0 Å². The molecule has 13 rings (SSSR count). The van der Waals surface area contributed by atoms with E-state index < -0.39 is 0 Å². The molecule has 0 saturated heterocycles. The van der Waals surface area contributed by atoms with E-state index in [-0.39, 0.29) is 10.8 Å². The third kappa shape index (κ3) is 4.73. The van der Waals surface area contributed by atoms with Crippen molar-refractivity contribution in [3.63, 3.8) is 0 Å². The molecule has 0 atom stereocenters. The van der Waals surface area contributed by atoms with Crippen molar-refractivity contribution in [1.29, 1.82) is 0 Å². The number of fused-ring (bicyclic) bond motifs is 14. The monoisotopic (exact) mass is 788 g/mol. The van der Waals surface area contributed by atoms with Crippen LogP contribution in [-0.4, -0.2) is 0 Å². The van der Waals surface area contributed by atoms with Crippen LogP contribution in [0.2, 0.25) is 0 Å². The second kappa shape index (κ2) is 12.6. The first-order valence-corrected chi connectivity index (χ1v) is 22.1. The molecule has 0 heteroatoms. The van der Waals surface area contributed by atoms with E-state index in [1.54, 1.807) is 0 Å². The maximum atomic E-state index is 2.51. The molecule has 0 fully saturated rings. The highest BCUT2D eigenvalue weighted by molar-refractivity contribution is 6.28. The second-order valence-corrected chi connectivity index (χ2v) is 18.7. The summed E-state index contributed by atoms with van der Waals surface area (Å²) in [7, 11) is 0. The van der Waals surface area contributed by atoms with E-state index in [1.807, 2.05) is 0 Å². The molecule has 0 heterocycles. The summed E-state index contributed by atoms with van der Waals surface area (Å²) < 4.78 is 0. The Balaban J connectivity index is 1.13. The third-order valence-electron chi connectivity index (χ3n) is 14.9. The molecule has 0 aliphatic heterocycles. The van der Waals surface area contributed by atoms with Gasteiger partial charge in [-0.3, -0.25) is 0 Å². The van der Waals surface area contributed by atoms with E-state index in [0.29, 0.717) is 0 Å². The van der Waals surface area contributed by atoms with Crippen molar-refractivity contribution in [1.82, 2.24) is 0 Å². The SMILES string of the molecule is CC1(C)c2ccccc2-c2ccc(-c3ccc4c(-c5ccc6c7ccccc7c7ccccc7c6c5)c5ccccc5c(-c5cccc6c5-c5ccccc5C6(C)C)c4c3)cc21. The van der Waals surface area contributed by atoms with Gasteiger partial charge in [0, 0.05) is 10.8 Å². The topological polar surface area (TPSA) is 0 Å². The fourth-order valence-electron chi connectivity index (χ4n) is 11.9. The molecule has 0 N–H and O–H groups in total. The fourth-order valence-corrected chi connectivity index (χ4v) is 11.9. The van der Waals surface area contributed by atoms with Crippen LogP contribution in [0.1, 0.15) is 49.9 Å². The minimum Gasteiger partial charge on any atom is -0.0619 e. The predicted molar refractivity (Wildman–Crippen MR) is 265 cm³/mol. The highest BCUT2D eigenvalue weighted by Gasteiger charge is 2.38. The lowest BCUT2D eigenvalue weighted by molar-refractivity contribution is 0.660. The number of rotatable bonds is 3. The summed E-state index contributed by atoms with van der Waals surface area (Å²) in [5.74, 6) is 0. The zero-order valence-corrected chi connectivity index (χ0v) is 35.5. The largest absolute Gasteiger partial charge is 0.0619 e. The van der Waals surface area contributed by atoms with E-state index >= 15 is 0 Å². The second-order valence-electron chi connectivity index (χ2n) is 18.7. The van der Waals surface area contributed by atoms with E-state index in [4.69, 9.17) is 0 Å². The van der Waals surface area contributed by atoms with Crippen molar-refractivity contribution in [2.75, 3.05) is 0 Å². The number of hydrogen-bond acceptors (Lipinski definition) is 0. The summed E-state index contributed by atoms with van der Waals surface area (Å²) in [5, 5.41) is 12.8. The summed E-state index contributed by atoms with van der Waals surface area (Å²) in [6.45, 7) is 9.53. The lowest BCUT2D eigenvalue weighted by atomic mass is 9.80. The first-order chi connectivity index (χ1) is 30.3. The minimum absolute atomic E-state index is 0.0797. The lowest BCUT2D eigenvalue weighted by Gasteiger charge is -2.23. The molecule has 0 nitrogen and oxygen atoms in total. The smallest absolute Gasteiger partial charge is 0.0159 e. The Kier molecular flexibility index (Phi) is 7.23. The van der Waals surface area contributed by atoms with Crippen molar-refractivity contribution >= 4 is 53.9 Å². The molecule has 292 valence electrons. The standard InChI is InChI=1S/C62H44/c1-61(2)55-26-14-12-23-50(55)60-51(24-15-27-56(60)61)59-48-22-10-9-21-47(48)58(39-30-31-44-42-18-6-5-16-40(42)41-17-7-8-19-43(41)52(44)35-39)49-33-29-37(34-53(49)59)38-28-32-46-45-20-11-13-25-54(45)62(3,4)57(46)36-38/h5-36H,1-4H3. The number of benzene rings is 11. The quantitative estimate of drug-likeness (QED) is 0.124. The van der Waals surface area contributed by atoms with Crippen molar-refractivity contribution in [3.8, 4) is 55.6 Å². The fraction of sp³-hybridized carbons (Fsp3) is 0.0968. The molecule has 0 bridgehead atoms. The Morgan fingerprint density at radius 3 is 1.35 bits per heavy atom. The third-order valence-corrected chi connectivity index (χ3v) is 14.9. The summed E-state index contributed by atoms with van der Waals surface area (Å²) in [5.41, 5.74) is 18.4. The van der Waals surface area contributed by atoms with Gasteiger partial charge in [-0.15, -0.1) is 0 Å². The van der Waals surface area contributed by atoms with Gasteiger partial charge in [-0.25, -0.2) is 0 Å². The van der Waals surface area contributed by atoms with Gasteiger partial charge in [0.25, 0.3) is 0 Å². The van der Waals surface area contributed by atoms with Crippen LogP contribution >= 0.6 is 0 Å². The van der Waals surface area contributed by atoms with Gasteiger partial charge in [0.2, 0.25) is 0 Å². The van der Waals surface area contributed by atoms with Gasteiger partial charge in [0.05, 0.1) is 0 Å². The van der Waals surface area contributed by atoms with Gasteiger partial charge in [-0.05, 0) is 150 Å². The van der Waals surface area contributed by atoms with Gasteiger partial charge in [-0.1, -0.05) is 204 Å². The molecular formula is C62H44. The van der Waals surface area contributed by atoms with E-state index in [2.05, 4.69) is 222 Å². The Labute approximate surface area is 362 Å². The molecule has 2 aliphatic carbocycles. The maximum Gasteiger partial charge on any atom is 0.0159 e. The van der Waals surface area contributed by atoms with Crippen molar-refractivity contribution < 1.29 is 0 Å². The van der Waals surface area contributed by atoms with Crippen molar-refractivity contribution in [3.05, 3.63) is 216 Å². The predicted octanol–water partition coefficient (Wildman–Crippen LogP) is 17.1. The first kappa shape index (κ1) is 35.5. The molecule has 0 aromatic heterocycles. The zero-order valence-electron chi connectivity index (χ0n) is 35.5. The zero-order chi connectivity index (χ0) is 41.5. The molecule has 11 aromatic carbocycles. The van der Waals surface area contributed by atoms with Crippen LogP contribution in [0.25, 0.3) is 109 Å². The Bertz CT molecular complexity index is 3710. The summed E-state index contributed by atoms with van der Waals surface area (Å²) in [6, 6.07) is 73.7. The van der Waals surface area contributed by atoms with E-state index in [1.165, 1.54) is 132 Å². The van der Waals surface area contributed by atoms with Gasteiger partial charge in [-0.2, -0.15) is 0 Å². The first-order valence-electron chi connectivity index (χ1n) is 22.1. The van der Waals surface area contributed by atoms with Crippen LogP contribution in [0.3, 0.4) is 0 Å². The van der Waals surface area contributed by atoms with Gasteiger partial charge in [0.1, 0.15) is 0 Å². The molecule has 0 radical (unpaired) electrons. The van der Waals surface area contributed by atoms with Crippen LogP contribution in [-0.2, 0) is 10.8 Å². The molecular weight excluding hydrogens is 745 g/mol. The van der Waals surface area contributed by atoms with Gasteiger partial charge < -0.3 is 0 Å². The summed E-state index contributed by atoms with van der Waals surface area (Å²) in [6.07, 6.45) is 0. The number of hydrogen-bond donors (Lipinski definition) is 0. The summed E-state index contributed by atoms with van der Waals surface area (Å²) >= 11 is 0. The average Bonchev–Trinajstić information content (AvgIpc) is 3.70. The molecule has 62 heavy (non-hydrogen) atoms. The van der Waals surface area contributed by atoms with Crippen LogP contribution < -0.4 is 0 Å². The Morgan fingerprint density at radius 1 is 0.226 bits per heavy atom. The molecule has 0 unspecified atom stereocenters. The average molecular weight is 789 g/mol. The van der Waals surface area contributed by atoms with Crippen LogP contribution in [0, 0.1) is 0 Å². The molecule has 11 aromatic rings. The highest BCUT2D eigenvalue weighted by Crippen LogP contribution is 2.55. The van der Waals surface area contributed by atoms with Crippen molar-refractivity contribution in [2.45, 2.75) is 38.5 Å². The normalized spacial score (nSPS) is 14.4. The Hall–Kier alpha value is -7.28. The highest BCUT2D eigenvalue weighted by atomic mass is 14.4. The van der Waals surface area contributed by atoms with Crippen molar-refractivity contribution in [2.24, 2.45) is 0 Å². The Morgan fingerprint density at radius 2 is 0.645 bits per heavy atom. The van der Waals surface area contributed by atoms with Gasteiger partial charge >= 0.3 is 0 Å². The van der Waals surface area contributed by atoms with E-state index in [0.717, 1.165) is 0 Å². The molecule has 0 spiro atoms. The lowest BCUT2D eigenvalue weighted by Crippen LogP contribution is -2.14. The minimum atomic E-state index is -0.106. The van der Waals surface area contributed by atoms with Crippen LogP contribution in [0.4, 0.5) is 0 Å². The molecule has 2 aliphatic rings. The summed E-state index contributed by atoms with van der Waals surface area (Å²) in [4.78, 5) is 0. The molecule has 0 amide bonds. The van der Waals surface area contributed by atoms with Crippen LogP contribution in [0.15, 0.2) is 194 Å². The maximum absolute atomic E-state index is 2.51. The van der Waals surface area contributed by atoms with Crippen LogP contribution in [0.5, 0.6) is 0 Å². The molecule has 0 saturated carbocycles. The van der Waals surface area contributed by atoms with E-state index in [9.17, 15) is 0 Å².